The van der Waals surface area contributed by atoms with Crippen LogP contribution in [0.2, 0.25) is 0 Å². The van der Waals surface area contributed by atoms with Gasteiger partial charge in [-0.3, -0.25) is 9.69 Å². The van der Waals surface area contributed by atoms with Crippen molar-refractivity contribution in [1.29, 1.82) is 0 Å². The van der Waals surface area contributed by atoms with Crippen LogP contribution in [-0.2, 0) is 14.6 Å². The Balaban J connectivity index is 1.78. The molecule has 1 saturated heterocycles. The van der Waals surface area contributed by atoms with Crippen molar-refractivity contribution in [2.75, 3.05) is 24.6 Å². The van der Waals surface area contributed by atoms with E-state index < -0.39 is 28.5 Å². The quantitative estimate of drug-likeness (QED) is 0.720. The fraction of sp³-hybridized carbons (Fsp3) is 0.381. The summed E-state index contributed by atoms with van der Waals surface area (Å²) in [5.41, 5.74) is 1.38. The molecule has 0 bridgehead atoms. The molecule has 1 fully saturated rings. The van der Waals surface area contributed by atoms with Gasteiger partial charge in [-0.25, -0.2) is 8.42 Å². The molecular formula is C21H24F2N2O4S. The molecule has 1 heterocycles. The van der Waals surface area contributed by atoms with E-state index in [1.807, 2.05) is 35.2 Å². The van der Waals surface area contributed by atoms with Gasteiger partial charge in [0.05, 0.1) is 17.5 Å². The minimum absolute atomic E-state index is 0.00613. The van der Waals surface area contributed by atoms with Crippen molar-refractivity contribution < 1.29 is 26.7 Å². The summed E-state index contributed by atoms with van der Waals surface area (Å²) in [4.78, 5) is 15.1. The van der Waals surface area contributed by atoms with E-state index in [4.69, 9.17) is 0 Å². The Hall–Kier alpha value is -2.52. The summed E-state index contributed by atoms with van der Waals surface area (Å²) < 4.78 is 53.0. The summed E-state index contributed by atoms with van der Waals surface area (Å²) in [7, 11) is -3.09. The molecule has 1 aliphatic rings. The lowest BCUT2D eigenvalue weighted by Crippen LogP contribution is -2.47. The molecule has 6 nitrogen and oxygen atoms in total. The van der Waals surface area contributed by atoms with Crippen LogP contribution in [0.3, 0.4) is 0 Å². The average molecular weight is 438 g/mol. The van der Waals surface area contributed by atoms with Gasteiger partial charge in [-0.15, -0.1) is 0 Å². The molecule has 0 saturated carbocycles. The van der Waals surface area contributed by atoms with Crippen LogP contribution in [0.4, 0.5) is 8.78 Å². The van der Waals surface area contributed by atoms with Crippen LogP contribution in [0, 0.1) is 0 Å². The van der Waals surface area contributed by atoms with Gasteiger partial charge in [-0.05, 0) is 30.2 Å². The topological polar surface area (TPSA) is 75.7 Å². The van der Waals surface area contributed by atoms with Crippen molar-refractivity contribution >= 4 is 15.7 Å². The van der Waals surface area contributed by atoms with E-state index in [2.05, 4.69) is 10.1 Å². The number of hydrogen-bond acceptors (Lipinski definition) is 5. The van der Waals surface area contributed by atoms with E-state index in [-0.39, 0.29) is 36.3 Å². The molecule has 1 aliphatic heterocycles. The molecule has 9 heteroatoms. The third kappa shape index (κ3) is 5.76. The van der Waals surface area contributed by atoms with Gasteiger partial charge in [0.25, 0.3) is 0 Å². The average Bonchev–Trinajstić information content (AvgIpc) is 2.70. The third-order valence-electron chi connectivity index (χ3n) is 5.05. The highest BCUT2D eigenvalue weighted by atomic mass is 32.2. The van der Waals surface area contributed by atoms with Gasteiger partial charge in [-0.2, -0.15) is 8.78 Å². The van der Waals surface area contributed by atoms with Crippen molar-refractivity contribution in [3.05, 3.63) is 65.7 Å². The molecule has 2 atom stereocenters. The molecule has 0 aromatic heterocycles. The molecule has 0 spiro atoms. The zero-order valence-corrected chi connectivity index (χ0v) is 17.3. The molecule has 0 aliphatic carbocycles. The second kappa shape index (κ2) is 9.53. The Bertz CT molecular complexity index is 956. The summed E-state index contributed by atoms with van der Waals surface area (Å²) in [6.45, 7) is -0.645. The predicted molar refractivity (Wildman–Crippen MR) is 109 cm³/mol. The first-order chi connectivity index (χ1) is 14.2. The molecule has 2 unspecified atom stereocenters. The second-order valence-corrected chi connectivity index (χ2v) is 9.49. The van der Waals surface area contributed by atoms with E-state index in [1.54, 1.807) is 19.1 Å². The number of alkyl halides is 2. The van der Waals surface area contributed by atoms with Crippen molar-refractivity contribution in [1.82, 2.24) is 10.2 Å². The maximum Gasteiger partial charge on any atom is 0.387 e. The number of rotatable bonds is 7. The van der Waals surface area contributed by atoms with Gasteiger partial charge in [0, 0.05) is 13.1 Å². The Morgan fingerprint density at radius 2 is 1.67 bits per heavy atom. The lowest BCUT2D eigenvalue weighted by Gasteiger charge is -2.34. The van der Waals surface area contributed by atoms with Gasteiger partial charge < -0.3 is 10.1 Å². The SMILES string of the molecule is CC(NC(=O)C(c1ccccc1)N1CCS(=O)(=O)CC1)c1cccc(OC(F)F)c1. The summed E-state index contributed by atoms with van der Waals surface area (Å²) in [6, 6.07) is 14.2. The van der Waals surface area contributed by atoms with Crippen molar-refractivity contribution in [3.8, 4) is 5.75 Å². The van der Waals surface area contributed by atoms with Crippen molar-refractivity contribution in [2.24, 2.45) is 0 Å². The Kier molecular flexibility index (Phi) is 7.04. The molecule has 2 aromatic rings. The van der Waals surface area contributed by atoms with E-state index >= 15 is 0 Å². The maximum absolute atomic E-state index is 13.2. The molecule has 1 N–H and O–H groups in total. The lowest BCUT2D eigenvalue weighted by molar-refractivity contribution is -0.127. The van der Waals surface area contributed by atoms with E-state index in [9.17, 15) is 22.0 Å². The Labute approximate surface area is 174 Å². The number of carbonyl (C=O) groups excluding carboxylic acids is 1. The lowest BCUT2D eigenvalue weighted by atomic mass is 10.0. The van der Waals surface area contributed by atoms with Crippen molar-refractivity contribution in [3.63, 3.8) is 0 Å². The fourth-order valence-electron chi connectivity index (χ4n) is 3.48. The van der Waals surface area contributed by atoms with Crippen LogP contribution in [0.5, 0.6) is 5.75 Å². The minimum atomic E-state index is -3.09. The number of benzene rings is 2. The summed E-state index contributed by atoms with van der Waals surface area (Å²) in [5, 5.41) is 2.92. The smallest absolute Gasteiger partial charge is 0.387 e. The number of hydrogen-bond donors (Lipinski definition) is 1. The first-order valence-corrected chi connectivity index (χ1v) is 11.4. The number of carbonyl (C=O) groups is 1. The molecule has 2 aromatic carbocycles. The maximum atomic E-state index is 13.2. The number of nitrogens with one attached hydrogen (secondary N) is 1. The Morgan fingerprint density at radius 1 is 1.03 bits per heavy atom. The largest absolute Gasteiger partial charge is 0.435 e. The number of amides is 1. The molecule has 30 heavy (non-hydrogen) atoms. The number of nitrogens with zero attached hydrogens (tertiary/aromatic N) is 1. The summed E-state index contributed by atoms with van der Waals surface area (Å²) in [5.74, 6) is -0.254. The van der Waals surface area contributed by atoms with Gasteiger partial charge in [-0.1, -0.05) is 42.5 Å². The molecule has 1 amide bonds. The van der Waals surface area contributed by atoms with Gasteiger partial charge in [0.15, 0.2) is 9.84 Å². The van der Waals surface area contributed by atoms with Crippen LogP contribution >= 0.6 is 0 Å². The predicted octanol–water partition coefficient (Wildman–Crippen LogP) is 2.94. The first-order valence-electron chi connectivity index (χ1n) is 9.60. The van der Waals surface area contributed by atoms with Crippen molar-refractivity contribution in [2.45, 2.75) is 25.6 Å². The highest BCUT2D eigenvalue weighted by Crippen LogP contribution is 2.26. The normalized spacial score (nSPS) is 18.5. The van der Waals surface area contributed by atoms with Crippen LogP contribution in [0.1, 0.15) is 30.1 Å². The zero-order chi connectivity index (χ0) is 21.7. The first kappa shape index (κ1) is 22.2. The number of halogens is 2. The molecule has 0 radical (unpaired) electrons. The van der Waals surface area contributed by atoms with Crippen LogP contribution in [0.25, 0.3) is 0 Å². The summed E-state index contributed by atoms with van der Waals surface area (Å²) >= 11 is 0. The van der Waals surface area contributed by atoms with E-state index in [0.29, 0.717) is 5.56 Å². The highest BCUT2D eigenvalue weighted by molar-refractivity contribution is 7.91. The van der Waals surface area contributed by atoms with Gasteiger partial charge >= 0.3 is 6.61 Å². The highest BCUT2D eigenvalue weighted by Gasteiger charge is 2.33. The third-order valence-corrected chi connectivity index (χ3v) is 6.66. The van der Waals surface area contributed by atoms with E-state index in [1.165, 1.54) is 12.1 Å². The molecule has 162 valence electrons. The van der Waals surface area contributed by atoms with Crippen LogP contribution < -0.4 is 10.1 Å². The van der Waals surface area contributed by atoms with Gasteiger partial charge in [0.1, 0.15) is 11.8 Å². The minimum Gasteiger partial charge on any atom is -0.435 e. The number of sulfone groups is 1. The van der Waals surface area contributed by atoms with Crippen LogP contribution in [0.15, 0.2) is 54.6 Å². The molecule has 3 rings (SSSR count). The Morgan fingerprint density at radius 3 is 2.30 bits per heavy atom. The monoisotopic (exact) mass is 438 g/mol. The van der Waals surface area contributed by atoms with Crippen LogP contribution in [-0.4, -0.2) is 50.4 Å². The second-order valence-electron chi connectivity index (χ2n) is 7.18. The zero-order valence-electron chi connectivity index (χ0n) is 16.5. The van der Waals surface area contributed by atoms with Gasteiger partial charge in [0.2, 0.25) is 5.91 Å². The number of ether oxygens (including phenoxy) is 1. The van der Waals surface area contributed by atoms with E-state index in [0.717, 1.165) is 5.56 Å². The standard InChI is InChI=1S/C21H24F2N2O4S/c1-15(17-8-5-9-18(14-17)29-21(22)23)24-20(26)19(16-6-3-2-4-7-16)25-10-12-30(27,28)13-11-25/h2-9,14-15,19,21H,10-13H2,1H3,(H,24,26). The molecular weight excluding hydrogens is 414 g/mol. The summed E-state index contributed by atoms with van der Waals surface area (Å²) in [6.07, 6.45) is 0. The fourth-order valence-corrected chi connectivity index (χ4v) is 4.71.